The second kappa shape index (κ2) is 6.81. The van der Waals surface area contributed by atoms with Crippen LogP contribution in [0.4, 0.5) is 4.39 Å². The van der Waals surface area contributed by atoms with Crippen LogP contribution in [0.2, 0.25) is 0 Å². The average molecular weight is 391 g/mol. The van der Waals surface area contributed by atoms with Crippen molar-refractivity contribution in [2.24, 2.45) is 0 Å². The third kappa shape index (κ3) is 3.23. The van der Waals surface area contributed by atoms with Crippen LogP contribution in [-0.2, 0) is 17.9 Å². The zero-order valence-electron chi connectivity index (χ0n) is 16.3. The Kier molecular flexibility index (Phi) is 4.24. The highest BCUT2D eigenvalue weighted by atomic mass is 19.1. The number of hydrogen-bond donors (Lipinski definition) is 0. The summed E-state index contributed by atoms with van der Waals surface area (Å²) in [4.78, 5) is 19.3. The first-order valence-corrected chi connectivity index (χ1v) is 9.83. The molecule has 148 valence electrons. The minimum atomic E-state index is -0.415. The van der Waals surface area contributed by atoms with E-state index in [9.17, 15) is 9.18 Å². The van der Waals surface area contributed by atoms with E-state index in [-0.39, 0.29) is 11.7 Å². The number of fused-ring (bicyclic) bond motifs is 1. The second-order valence-corrected chi connectivity index (χ2v) is 7.97. The molecule has 0 saturated carbocycles. The molecule has 1 saturated heterocycles. The summed E-state index contributed by atoms with van der Waals surface area (Å²) in [6.07, 6.45) is 2.60. The number of halogens is 1. The van der Waals surface area contributed by atoms with Crippen LogP contribution < -0.4 is 0 Å². The molecule has 0 N–H and O–H groups in total. The Morgan fingerprint density at radius 1 is 1.17 bits per heavy atom. The minimum absolute atomic E-state index is 0.0457. The van der Waals surface area contributed by atoms with Gasteiger partial charge in [0.15, 0.2) is 0 Å². The van der Waals surface area contributed by atoms with Crippen LogP contribution >= 0.6 is 0 Å². The van der Waals surface area contributed by atoms with Crippen molar-refractivity contribution in [2.75, 3.05) is 13.1 Å². The molecule has 0 radical (unpaired) electrons. The van der Waals surface area contributed by atoms with Gasteiger partial charge in [-0.3, -0.25) is 4.79 Å². The SMILES string of the molecule is Cc1cccc(C(=O)N2CC[C@]3(C2)Cn2c(-c4ccc(F)cc4)cnc2CO3)c1. The molecule has 1 aromatic heterocycles. The molecule has 5 nitrogen and oxygen atoms in total. The van der Waals surface area contributed by atoms with Crippen molar-refractivity contribution in [3.05, 3.63) is 77.5 Å². The van der Waals surface area contributed by atoms with Gasteiger partial charge in [0.25, 0.3) is 5.91 Å². The molecule has 2 aliphatic rings. The Bertz CT molecular complexity index is 1080. The molecule has 3 heterocycles. The van der Waals surface area contributed by atoms with Gasteiger partial charge in [0.1, 0.15) is 23.8 Å². The molecule has 2 aromatic carbocycles. The Labute approximate surface area is 168 Å². The number of imidazole rings is 1. The van der Waals surface area contributed by atoms with Gasteiger partial charge in [0, 0.05) is 12.1 Å². The number of carbonyl (C=O) groups excluding carboxylic acids is 1. The number of benzene rings is 2. The van der Waals surface area contributed by atoms with Crippen molar-refractivity contribution in [1.82, 2.24) is 14.5 Å². The van der Waals surface area contributed by atoms with Gasteiger partial charge in [-0.2, -0.15) is 0 Å². The predicted molar refractivity (Wildman–Crippen MR) is 107 cm³/mol. The van der Waals surface area contributed by atoms with Gasteiger partial charge in [-0.05, 0) is 55.3 Å². The summed E-state index contributed by atoms with van der Waals surface area (Å²) in [5.74, 6) is 0.649. The Balaban J connectivity index is 1.39. The topological polar surface area (TPSA) is 47.4 Å². The fraction of sp³-hybridized carbons (Fsp3) is 0.304. The summed E-state index contributed by atoms with van der Waals surface area (Å²) in [6.45, 7) is 4.26. The van der Waals surface area contributed by atoms with Crippen molar-refractivity contribution < 1.29 is 13.9 Å². The summed E-state index contributed by atoms with van der Waals surface area (Å²) in [5, 5.41) is 0. The van der Waals surface area contributed by atoms with Crippen LogP contribution in [0.25, 0.3) is 11.3 Å². The average Bonchev–Trinajstić information content (AvgIpc) is 3.33. The van der Waals surface area contributed by atoms with E-state index in [2.05, 4.69) is 9.55 Å². The van der Waals surface area contributed by atoms with E-state index in [0.717, 1.165) is 29.1 Å². The smallest absolute Gasteiger partial charge is 0.253 e. The van der Waals surface area contributed by atoms with E-state index in [1.54, 1.807) is 12.1 Å². The molecule has 2 aliphatic heterocycles. The van der Waals surface area contributed by atoms with Gasteiger partial charge in [0.2, 0.25) is 0 Å². The lowest BCUT2D eigenvalue weighted by atomic mass is 10.0. The molecule has 5 rings (SSSR count). The van der Waals surface area contributed by atoms with Gasteiger partial charge in [-0.1, -0.05) is 17.7 Å². The zero-order chi connectivity index (χ0) is 20.0. The molecule has 1 fully saturated rings. The van der Waals surface area contributed by atoms with Crippen LogP contribution in [0.1, 0.15) is 28.2 Å². The molecule has 0 aliphatic carbocycles. The molecular formula is C23H22FN3O2. The van der Waals surface area contributed by atoms with Gasteiger partial charge in [0.05, 0.1) is 25.0 Å². The van der Waals surface area contributed by atoms with Crippen molar-refractivity contribution in [3.8, 4) is 11.3 Å². The summed E-state index contributed by atoms with van der Waals surface area (Å²) in [7, 11) is 0. The number of ether oxygens (including phenoxy) is 1. The van der Waals surface area contributed by atoms with Crippen LogP contribution in [0.5, 0.6) is 0 Å². The first-order valence-electron chi connectivity index (χ1n) is 9.83. The fourth-order valence-corrected chi connectivity index (χ4v) is 4.33. The van der Waals surface area contributed by atoms with Gasteiger partial charge < -0.3 is 14.2 Å². The molecule has 29 heavy (non-hydrogen) atoms. The van der Waals surface area contributed by atoms with E-state index >= 15 is 0 Å². The summed E-state index contributed by atoms with van der Waals surface area (Å²) in [6, 6.07) is 14.2. The number of aryl methyl sites for hydroxylation is 1. The molecule has 3 aromatic rings. The summed E-state index contributed by atoms with van der Waals surface area (Å²) >= 11 is 0. The first kappa shape index (κ1) is 18.1. The Morgan fingerprint density at radius 2 is 2.00 bits per heavy atom. The largest absolute Gasteiger partial charge is 0.363 e. The number of aromatic nitrogens is 2. The molecule has 1 amide bonds. The highest BCUT2D eigenvalue weighted by Gasteiger charge is 2.44. The number of amides is 1. The van der Waals surface area contributed by atoms with Gasteiger partial charge in [-0.25, -0.2) is 9.37 Å². The van der Waals surface area contributed by atoms with Gasteiger partial charge >= 0.3 is 0 Å². The Morgan fingerprint density at radius 3 is 2.79 bits per heavy atom. The maximum Gasteiger partial charge on any atom is 0.253 e. The molecule has 0 unspecified atom stereocenters. The van der Waals surface area contributed by atoms with Crippen molar-refractivity contribution in [2.45, 2.75) is 32.1 Å². The van der Waals surface area contributed by atoms with Crippen LogP contribution in [-0.4, -0.2) is 39.0 Å². The van der Waals surface area contributed by atoms with Gasteiger partial charge in [-0.15, -0.1) is 0 Å². The maximum atomic E-state index is 13.3. The van der Waals surface area contributed by atoms with E-state index < -0.39 is 5.60 Å². The zero-order valence-corrected chi connectivity index (χ0v) is 16.3. The Hall–Kier alpha value is -2.99. The molecular weight excluding hydrogens is 369 g/mol. The van der Waals surface area contributed by atoms with Crippen LogP contribution in [0.15, 0.2) is 54.7 Å². The standard InChI is InChI=1S/C23H22FN3O2/c1-16-3-2-4-18(11-16)22(28)26-10-9-23(14-26)15-27-20(12-25-21(27)13-29-23)17-5-7-19(24)8-6-17/h2-8,11-12H,9-10,13-15H2,1H3/t23-/m0/s1. The van der Waals surface area contributed by atoms with E-state index in [1.165, 1.54) is 12.1 Å². The quantitative estimate of drug-likeness (QED) is 0.667. The summed E-state index contributed by atoms with van der Waals surface area (Å²) in [5.41, 5.74) is 3.25. The number of hydrogen-bond acceptors (Lipinski definition) is 3. The maximum absolute atomic E-state index is 13.3. The van der Waals surface area contributed by atoms with Crippen LogP contribution in [0, 0.1) is 12.7 Å². The number of likely N-dealkylation sites (tertiary alicyclic amines) is 1. The number of nitrogens with zero attached hydrogens (tertiary/aromatic N) is 3. The molecule has 1 atom stereocenters. The molecule has 1 spiro atoms. The highest BCUT2D eigenvalue weighted by Crippen LogP contribution is 2.35. The van der Waals surface area contributed by atoms with E-state index in [1.807, 2.05) is 42.3 Å². The third-order valence-electron chi connectivity index (χ3n) is 5.90. The number of rotatable bonds is 2. The lowest BCUT2D eigenvalue weighted by molar-refractivity contribution is -0.0804. The van der Waals surface area contributed by atoms with Crippen molar-refractivity contribution in [3.63, 3.8) is 0 Å². The van der Waals surface area contributed by atoms with Crippen molar-refractivity contribution >= 4 is 5.91 Å². The second-order valence-electron chi connectivity index (χ2n) is 7.97. The van der Waals surface area contributed by atoms with E-state index in [0.29, 0.717) is 31.8 Å². The van der Waals surface area contributed by atoms with Crippen molar-refractivity contribution in [1.29, 1.82) is 0 Å². The highest BCUT2D eigenvalue weighted by molar-refractivity contribution is 5.94. The third-order valence-corrected chi connectivity index (χ3v) is 5.90. The predicted octanol–water partition coefficient (Wildman–Crippen LogP) is 3.81. The fourth-order valence-electron chi connectivity index (χ4n) is 4.33. The lowest BCUT2D eigenvalue weighted by Crippen LogP contribution is -2.45. The van der Waals surface area contributed by atoms with E-state index in [4.69, 9.17) is 4.74 Å². The normalized spacial score (nSPS) is 20.8. The first-order chi connectivity index (χ1) is 14.0. The van der Waals surface area contributed by atoms with Crippen LogP contribution in [0.3, 0.4) is 0 Å². The molecule has 0 bridgehead atoms. The summed E-state index contributed by atoms with van der Waals surface area (Å²) < 4.78 is 21.7. The number of carbonyl (C=O) groups is 1. The molecule has 6 heteroatoms. The monoisotopic (exact) mass is 391 g/mol. The lowest BCUT2D eigenvalue weighted by Gasteiger charge is -2.35. The minimum Gasteiger partial charge on any atom is -0.363 e.